The SMILES string of the molecule is Cc1c(B2OC(C)(C)C(C)(C)O2)cnc(Cl)c1CS(=O)(=O)c1ccc(F)cc1F.Cc1nccc(Nc2cc(-c3cnc(Cl)c(CS(=O)(=O)c4ccc(F)cc4F)c3C)c(F)cn2)n1.Cc1nccc(Nc2cc(Cl)c(F)cn2)n1. The monoisotopic (exact) mass is 1200 g/mol. The van der Waals surface area contributed by atoms with E-state index in [1.165, 1.54) is 24.5 Å². The van der Waals surface area contributed by atoms with Gasteiger partial charge in [0.25, 0.3) is 0 Å². The lowest BCUT2D eigenvalue weighted by Crippen LogP contribution is -2.41. The van der Waals surface area contributed by atoms with Crippen LogP contribution in [0.15, 0.2) is 108 Å². The van der Waals surface area contributed by atoms with Crippen LogP contribution in [0.4, 0.5) is 49.6 Å². The average molecular weight is 1200 g/mol. The molecule has 9 rings (SSSR count). The zero-order valence-electron chi connectivity index (χ0n) is 43.5. The maximum atomic E-state index is 14.8. The predicted molar refractivity (Wildman–Crippen MR) is 291 cm³/mol. The minimum Gasteiger partial charge on any atom is -0.399 e. The van der Waals surface area contributed by atoms with Crippen molar-refractivity contribution in [3.63, 3.8) is 0 Å². The van der Waals surface area contributed by atoms with Crippen LogP contribution >= 0.6 is 34.8 Å². The molecule has 1 fully saturated rings. The Morgan fingerprint density at radius 1 is 0.512 bits per heavy atom. The summed E-state index contributed by atoms with van der Waals surface area (Å²) in [7, 11) is -9.16. The molecule has 7 heterocycles. The number of hydrogen-bond donors (Lipinski definition) is 2. The highest BCUT2D eigenvalue weighted by molar-refractivity contribution is 7.91. The summed E-state index contributed by atoms with van der Waals surface area (Å²) in [6.07, 6.45) is 8.02. The van der Waals surface area contributed by atoms with E-state index in [0.717, 1.165) is 36.7 Å². The fraction of sp³-hybridized carbons (Fsp3) is 0.231. The van der Waals surface area contributed by atoms with Crippen molar-refractivity contribution in [3.05, 3.63) is 182 Å². The Kier molecular flexibility index (Phi) is 18.6. The predicted octanol–water partition coefficient (Wildman–Crippen LogP) is 11.6. The lowest BCUT2D eigenvalue weighted by atomic mass is 9.76. The molecule has 80 heavy (non-hydrogen) atoms. The van der Waals surface area contributed by atoms with E-state index in [1.54, 1.807) is 52.2 Å². The van der Waals surface area contributed by atoms with Crippen molar-refractivity contribution in [1.82, 2.24) is 39.9 Å². The molecular weight excluding hydrogens is 1160 g/mol. The first-order valence-corrected chi connectivity index (χ1v) is 28.0. The maximum Gasteiger partial charge on any atom is 0.496 e. The molecule has 0 bridgehead atoms. The number of anilines is 4. The van der Waals surface area contributed by atoms with Gasteiger partial charge in [-0.25, -0.2) is 83.0 Å². The quantitative estimate of drug-likeness (QED) is 0.0504. The van der Waals surface area contributed by atoms with Crippen molar-refractivity contribution in [2.24, 2.45) is 0 Å². The highest BCUT2D eigenvalue weighted by Gasteiger charge is 2.52. The molecule has 0 radical (unpaired) electrons. The summed E-state index contributed by atoms with van der Waals surface area (Å²) in [5.41, 5.74) is 0.827. The van der Waals surface area contributed by atoms with E-state index < -0.39 is 94.2 Å². The summed E-state index contributed by atoms with van der Waals surface area (Å²) >= 11 is 18.0. The van der Waals surface area contributed by atoms with Crippen LogP contribution in [-0.4, -0.2) is 75.0 Å². The van der Waals surface area contributed by atoms with E-state index in [-0.39, 0.29) is 43.4 Å². The first-order chi connectivity index (χ1) is 37.4. The summed E-state index contributed by atoms with van der Waals surface area (Å²) in [6, 6.07) is 10.6. The van der Waals surface area contributed by atoms with Gasteiger partial charge in [-0.3, -0.25) is 0 Å². The van der Waals surface area contributed by atoms with E-state index in [2.05, 4.69) is 50.5 Å². The molecule has 0 unspecified atom stereocenters. The first-order valence-electron chi connectivity index (χ1n) is 23.5. The highest BCUT2D eigenvalue weighted by atomic mass is 35.5. The molecule has 0 spiro atoms. The number of hydrogen-bond acceptors (Lipinski definition) is 16. The summed E-state index contributed by atoms with van der Waals surface area (Å²) in [5.74, 6) is -3.80. The number of aryl methyl sites for hydroxylation is 2. The molecule has 418 valence electrons. The van der Waals surface area contributed by atoms with Crippen molar-refractivity contribution in [2.45, 2.75) is 87.9 Å². The van der Waals surface area contributed by atoms with Crippen LogP contribution < -0.4 is 16.1 Å². The Balaban J connectivity index is 0.000000185. The third kappa shape index (κ3) is 14.4. The number of benzene rings is 2. The average Bonchev–Trinajstić information content (AvgIpc) is 3.59. The van der Waals surface area contributed by atoms with Gasteiger partial charge in [0.2, 0.25) is 0 Å². The van der Waals surface area contributed by atoms with Gasteiger partial charge in [0.15, 0.2) is 25.5 Å². The molecule has 1 saturated heterocycles. The number of sulfone groups is 2. The maximum absolute atomic E-state index is 14.8. The topological polar surface area (TPSA) is 214 Å². The molecule has 28 heteroatoms. The molecule has 1 aliphatic rings. The van der Waals surface area contributed by atoms with Crippen LogP contribution in [0.1, 0.15) is 61.6 Å². The number of nitrogens with one attached hydrogen (secondary N) is 2. The molecule has 1 aliphatic heterocycles. The fourth-order valence-corrected chi connectivity index (χ4v) is 11.4. The van der Waals surface area contributed by atoms with Gasteiger partial charge >= 0.3 is 7.12 Å². The number of halogens is 9. The molecule has 0 amide bonds. The van der Waals surface area contributed by atoms with Crippen LogP contribution in [-0.2, 0) is 40.5 Å². The third-order valence-corrected chi connectivity index (χ3v) is 16.8. The van der Waals surface area contributed by atoms with Gasteiger partial charge in [-0.05, 0) is 109 Å². The van der Waals surface area contributed by atoms with E-state index in [4.69, 9.17) is 44.1 Å². The summed E-state index contributed by atoms with van der Waals surface area (Å²) in [6.45, 7) is 14.3. The molecule has 2 N–H and O–H groups in total. The summed E-state index contributed by atoms with van der Waals surface area (Å²) in [5, 5.41) is 5.71. The molecule has 16 nitrogen and oxygen atoms in total. The van der Waals surface area contributed by atoms with Gasteiger partial charge in [0, 0.05) is 70.7 Å². The second-order valence-corrected chi connectivity index (χ2v) is 23.7. The normalized spacial score (nSPS) is 13.7. The van der Waals surface area contributed by atoms with Gasteiger partial charge in [0.05, 0.1) is 40.1 Å². The molecule has 0 aliphatic carbocycles. The fourth-order valence-electron chi connectivity index (χ4n) is 7.56. The number of aromatic nitrogens is 8. The van der Waals surface area contributed by atoms with Crippen LogP contribution in [0, 0.1) is 62.6 Å². The van der Waals surface area contributed by atoms with Crippen molar-refractivity contribution < 1.29 is 52.5 Å². The Labute approximate surface area is 471 Å². The first kappa shape index (κ1) is 60.8. The smallest absolute Gasteiger partial charge is 0.399 e. The van der Waals surface area contributed by atoms with Crippen molar-refractivity contribution in [3.8, 4) is 11.1 Å². The number of nitrogens with zero attached hydrogens (tertiary/aromatic N) is 8. The van der Waals surface area contributed by atoms with Crippen molar-refractivity contribution in [2.75, 3.05) is 10.6 Å². The highest BCUT2D eigenvalue weighted by Crippen LogP contribution is 2.38. The summed E-state index contributed by atoms with van der Waals surface area (Å²) in [4.78, 5) is 31.0. The molecule has 8 aromatic rings. The largest absolute Gasteiger partial charge is 0.496 e. The Morgan fingerprint density at radius 2 is 0.963 bits per heavy atom. The minimum absolute atomic E-state index is 0.0169. The zero-order valence-corrected chi connectivity index (χ0v) is 47.4. The number of pyridine rings is 4. The van der Waals surface area contributed by atoms with Crippen LogP contribution in [0.3, 0.4) is 0 Å². The third-order valence-electron chi connectivity index (χ3n) is 12.5. The van der Waals surface area contributed by atoms with Gasteiger partial charge in [-0.1, -0.05) is 34.8 Å². The standard InChI is InChI=1S/C23H17ClF3N5O2S.C19H21BClF2NO4S.C10H8ClFN4/c1-12-16(15-8-22(29-10-19(15)27)32-21-5-6-28-13(2)31-21)9-30-23(24)17(12)11-35(33,34)20-4-3-14(25)7-18(20)26;1-11-13(10-29(25,26)16-7-6-12(22)8-15(16)23)17(21)24-9-14(11)20-27-18(2,3)19(4,5)28-20;1-6-13-3-2-9(15-6)16-10-4-7(11)8(12)5-14-10/h3-10H,11H2,1-2H3,(H,28,29,31,32);6-9H,10H2,1-5H3;2-5H,1H3,(H,13,14,15,16). The van der Waals surface area contributed by atoms with Gasteiger partial charge in [-0.15, -0.1) is 0 Å². The summed E-state index contributed by atoms with van der Waals surface area (Å²) < 4.78 is 146. The van der Waals surface area contributed by atoms with E-state index >= 15 is 0 Å². The molecule has 0 saturated carbocycles. The Morgan fingerprint density at radius 3 is 1.43 bits per heavy atom. The zero-order chi connectivity index (χ0) is 58.6. The second-order valence-electron chi connectivity index (χ2n) is 18.7. The van der Waals surface area contributed by atoms with Crippen LogP contribution in [0.5, 0.6) is 0 Å². The van der Waals surface area contributed by atoms with Crippen LogP contribution in [0.25, 0.3) is 11.1 Å². The molecule has 6 aromatic heterocycles. The van der Waals surface area contributed by atoms with E-state index in [0.29, 0.717) is 57.8 Å². The van der Waals surface area contributed by atoms with Crippen LogP contribution in [0.2, 0.25) is 15.3 Å². The van der Waals surface area contributed by atoms with E-state index in [1.807, 2.05) is 27.7 Å². The van der Waals surface area contributed by atoms with Gasteiger partial charge in [-0.2, -0.15) is 0 Å². The van der Waals surface area contributed by atoms with E-state index in [9.17, 15) is 43.2 Å². The minimum atomic E-state index is -4.27. The van der Waals surface area contributed by atoms with Gasteiger partial charge < -0.3 is 19.9 Å². The Bertz CT molecular complexity index is 3880. The second kappa shape index (κ2) is 24.5. The number of rotatable bonds is 12. The van der Waals surface area contributed by atoms with Crippen molar-refractivity contribution in [1.29, 1.82) is 0 Å². The molecule has 0 atom stereocenters. The molecule has 2 aromatic carbocycles. The lowest BCUT2D eigenvalue weighted by molar-refractivity contribution is 0.00578. The molecular formula is C52H46BCl3F6N10O6S2. The Hall–Kier alpha value is -6.87. The van der Waals surface area contributed by atoms with Crippen molar-refractivity contribution >= 4 is 90.3 Å². The van der Waals surface area contributed by atoms with Gasteiger partial charge in [0.1, 0.15) is 84.1 Å². The lowest BCUT2D eigenvalue weighted by Gasteiger charge is -2.32.